The van der Waals surface area contributed by atoms with Crippen molar-refractivity contribution in [3.63, 3.8) is 0 Å². The Balaban J connectivity index is 2.71. The van der Waals surface area contributed by atoms with Crippen LogP contribution < -0.4 is 0 Å². The summed E-state index contributed by atoms with van der Waals surface area (Å²) in [4.78, 5) is 4.29. The average molecular weight is 293 g/mol. The SMILES string of the molecule is C/C(=C\c1cc(CO)ccn1)CO[Si](C)(C)C(C)(C)C. The van der Waals surface area contributed by atoms with Crippen LogP contribution in [0, 0.1) is 0 Å². The summed E-state index contributed by atoms with van der Waals surface area (Å²) in [5.41, 5.74) is 2.90. The maximum absolute atomic E-state index is 9.13. The molecular formula is C16H27NO2Si. The maximum Gasteiger partial charge on any atom is 0.192 e. The summed E-state index contributed by atoms with van der Waals surface area (Å²) in [5.74, 6) is 0. The van der Waals surface area contributed by atoms with Gasteiger partial charge in [0.25, 0.3) is 0 Å². The zero-order valence-electron chi connectivity index (χ0n) is 13.5. The number of aliphatic hydroxyl groups excluding tert-OH is 1. The molecule has 0 radical (unpaired) electrons. The van der Waals surface area contributed by atoms with Gasteiger partial charge in [-0.05, 0) is 54.4 Å². The molecule has 1 aromatic heterocycles. The van der Waals surface area contributed by atoms with Gasteiger partial charge in [0.1, 0.15) is 0 Å². The highest BCUT2D eigenvalue weighted by molar-refractivity contribution is 6.74. The van der Waals surface area contributed by atoms with Crippen molar-refractivity contribution < 1.29 is 9.53 Å². The Labute approximate surface area is 123 Å². The monoisotopic (exact) mass is 293 g/mol. The first-order chi connectivity index (χ1) is 9.15. The molecule has 0 saturated heterocycles. The summed E-state index contributed by atoms with van der Waals surface area (Å²) in [6, 6.07) is 3.72. The van der Waals surface area contributed by atoms with E-state index in [2.05, 4.69) is 45.8 Å². The standard InChI is InChI=1S/C16H27NO2Si/c1-13(12-19-20(5,6)16(2,3)4)9-15-10-14(11-18)7-8-17-15/h7-10,18H,11-12H2,1-6H3/b13-9+. The van der Waals surface area contributed by atoms with Gasteiger partial charge >= 0.3 is 0 Å². The molecule has 0 saturated carbocycles. The van der Waals surface area contributed by atoms with Crippen LogP contribution in [0.4, 0.5) is 0 Å². The molecule has 0 atom stereocenters. The van der Waals surface area contributed by atoms with Crippen molar-refractivity contribution in [2.75, 3.05) is 6.61 Å². The second kappa shape index (κ2) is 6.65. The van der Waals surface area contributed by atoms with E-state index in [1.807, 2.05) is 18.2 Å². The summed E-state index contributed by atoms with van der Waals surface area (Å²) in [5, 5.41) is 9.35. The molecule has 0 aliphatic rings. The normalized spacial score (nSPS) is 13.7. The van der Waals surface area contributed by atoms with E-state index in [1.165, 1.54) is 0 Å². The number of pyridine rings is 1. The molecular weight excluding hydrogens is 266 g/mol. The van der Waals surface area contributed by atoms with Crippen molar-refractivity contribution in [2.45, 2.75) is 52.4 Å². The molecule has 1 N–H and O–H groups in total. The average Bonchev–Trinajstić information content (AvgIpc) is 2.35. The van der Waals surface area contributed by atoms with Crippen LogP contribution in [0.3, 0.4) is 0 Å². The molecule has 3 nitrogen and oxygen atoms in total. The lowest BCUT2D eigenvalue weighted by atomic mass is 10.2. The zero-order chi connectivity index (χ0) is 15.4. The van der Waals surface area contributed by atoms with E-state index in [-0.39, 0.29) is 11.6 Å². The van der Waals surface area contributed by atoms with Crippen LogP contribution in [-0.4, -0.2) is 25.0 Å². The molecule has 0 fully saturated rings. The lowest BCUT2D eigenvalue weighted by Crippen LogP contribution is -2.41. The molecule has 1 rings (SSSR count). The fourth-order valence-corrected chi connectivity index (χ4v) is 2.50. The van der Waals surface area contributed by atoms with Gasteiger partial charge in [0.05, 0.1) is 18.9 Å². The smallest absolute Gasteiger partial charge is 0.192 e. The third-order valence-corrected chi connectivity index (χ3v) is 8.37. The molecule has 0 aliphatic heterocycles. The highest BCUT2D eigenvalue weighted by Gasteiger charge is 2.36. The van der Waals surface area contributed by atoms with Crippen LogP contribution in [0.25, 0.3) is 6.08 Å². The molecule has 0 aliphatic carbocycles. The number of hydrogen-bond acceptors (Lipinski definition) is 3. The number of rotatable bonds is 5. The molecule has 0 bridgehead atoms. The maximum atomic E-state index is 9.13. The Kier molecular flexibility index (Phi) is 5.68. The van der Waals surface area contributed by atoms with Crippen molar-refractivity contribution in [3.8, 4) is 0 Å². The Morgan fingerprint density at radius 1 is 1.40 bits per heavy atom. The second-order valence-electron chi connectivity index (χ2n) is 6.79. The minimum absolute atomic E-state index is 0.0445. The van der Waals surface area contributed by atoms with Gasteiger partial charge < -0.3 is 9.53 Å². The Morgan fingerprint density at radius 2 is 2.05 bits per heavy atom. The lowest BCUT2D eigenvalue weighted by Gasteiger charge is -2.36. The highest BCUT2D eigenvalue weighted by Crippen LogP contribution is 2.36. The van der Waals surface area contributed by atoms with E-state index < -0.39 is 8.32 Å². The van der Waals surface area contributed by atoms with E-state index in [1.54, 1.807) is 6.20 Å². The fourth-order valence-electron chi connectivity index (χ4n) is 1.48. The highest BCUT2D eigenvalue weighted by atomic mass is 28.4. The number of aliphatic hydroxyl groups is 1. The van der Waals surface area contributed by atoms with Crippen molar-refractivity contribution in [1.82, 2.24) is 4.98 Å². The van der Waals surface area contributed by atoms with Gasteiger partial charge in [0.2, 0.25) is 0 Å². The Morgan fingerprint density at radius 3 is 2.60 bits per heavy atom. The van der Waals surface area contributed by atoms with Crippen LogP contribution in [0.2, 0.25) is 18.1 Å². The van der Waals surface area contributed by atoms with Gasteiger partial charge in [-0.2, -0.15) is 0 Å². The van der Waals surface area contributed by atoms with Crippen molar-refractivity contribution in [1.29, 1.82) is 0 Å². The largest absolute Gasteiger partial charge is 0.413 e. The first-order valence-corrected chi connectivity index (χ1v) is 9.93. The van der Waals surface area contributed by atoms with E-state index in [4.69, 9.17) is 9.53 Å². The van der Waals surface area contributed by atoms with Crippen LogP contribution in [-0.2, 0) is 11.0 Å². The quantitative estimate of drug-likeness (QED) is 0.834. The predicted octanol–water partition coefficient (Wildman–Crippen LogP) is 4.00. The molecule has 0 spiro atoms. The molecule has 0 amide bonds. The molecule has 0 unspecified atom stereocenters. The number of aromatic nitrogens is 1. The van der Waals surface area contributed by atoms with Crippen LogP contribution >= 0.6 is 0 Å². The third-order valence-electron chi connectivity index (χ3n) is 3.89. The summed E-state index contributed by atoms with van der Waals surface area (Å²) >= 11 is 0. The molecule has 4 heteroatoms. The van der Waals surface area contributed by atoms with Gasteiger partial charge in [-0.25, -0.2) is 0 Å². The molecule has 1 heterocycles. The van der Waals surface area contributed by atoms with Gasteiger partial charge in [-0.15, -0.1) is 0 Å². The zero-order valence-corrected chi connectivity index (χ0v) is 14.5. The first kappa shape index (κ1) is 17.1. The van der Waals surface area contributed by atoms with Crippen LogP contribution in [0.15, 0.2) is 23.9 Å². The van der Waals surface area contributed by atoms with E-state index in [0.717, 1.165) is 16.8 Å². The second-order valence-corrected chi connectivity index (χ2v) is 11.6. The summed E-state index contributed by atoms with van der Waals surface area (Å²) in [7, 11) is -1.70. The van der Waals surface area contributed by atoms with Crippen molar-refractivity contribution in [2.24, 2.45) is 0 Å². The minimum Gasteiger partial charge on any atom is -0.413 e. The van der Waals surface area contributed by atoms with Gasteiger partial charge in [-0.1, -0.05) is 20.8 Å². The number of nitrogens with zero attached hydrogens (tertiary/aromatic N) is 1. The third kappa shape index (κ3) is 4.85. The Bertz CT molecular complexity index is 476. The first-order valence-electron chi connectivity index (χ1n) is 7.02. The van der Waals surface area contributed by atoms with Crippen LogP contribution in [0.5, 0.6) is 0 Å². The van der Waals surface area contributed by atoms with Gasteiger partial charge in [-0.3, -0.25) is 4.98 Å². The summed E-state index contributed by atoms with van der Waals surface area (Å²) in [6.07, 6.45) is 3.74. The lowest BCUT2D eigenvalue weighted by molar-refractivity contribution is 0.281. The molecule has 112 valence electrons. The molecule has 20 heavy (non-hydrogen) atoms. The van der Waals surface area contributed by atoms with Gasteiger partial charge in [0, 0.05) is 6.20 Å². The number of hydrogen-bond donors (Lipinski definition) is 1. The van der Waals surface area contributed by atoms with Gasteiger partial charge in [0.15, 0.2) is 8.32 Å². The van der Waals surface area contributed by atoms with Crippen molar-refractivity contribution in [3.05, 3.63) is 35.2 Å². The molecule has 0 aromatic carbocycles. The van der Waals surface area contributed by atoms with Crippen LogP contribution in [0.1, 0.15) is 39.0 Å². The summed E-state index contributed by atoms with van der Waals surface area (Å²) < 4.78 is 6.18. The Hall–Kier alpha value is -0.973. The van der Waals surface area contributed by atoms with E-state index >= 15 is 0 Å². The predicted molar refractivity (Wildman–Crippen MR) is 87.0 cm³/mol. The summed E-state index contributed by atoms with van der Waals surface area (Å²) in [6.45, 7) is 14.0. The van der Waals surface area contributed by atoms with E-state index in [0.29, 0.717) is 6.61 Å². The van der Waals surface area contributed by atoms with E-state index in [9.17, 15) is 0 Å². The minimum atomic E-state index is -1.70. The fraction of sp³-hybridized carbons (Fsp3) is 0.562. The molecule has 1 aromatic rings. The topological polar surface area (TPSA) is 42.4 Å². The van der Waals surface area contributed by atoms with Crippen molar-refractivity contribution >= 4 is 14.4 Å².